The number of carbonyl (C=O) groups excluding carboxylic acids is 1. The normalized spacial score (nSPS) is 11.1. The number of hydrogen-bond acceptors (Lipinski definition) is 2. The fourth-order valence-corrected chi connectivity index (χ4v) is 2.28. The number of carboxylic acids is 1. The van der Waals surface area contributed by atoms with Crippen LogP contribution in [0.5, 0.6) is 0 Å². The molecule has 2 N–H and O–H groups in total. The summed E-state index contributed by atoms with van der Waals surface area (Å²) < 4.78 is 39.2. The van der Waals surface area contributed by atoms with Crippen LogP contribution in [0.25, 0.3) is 0 Å². The molecule has 0 saturated carbocycles. The van der Waals surface area contributed by atoms with Gasteiger partial charge in [-0.15, -0.1) is 0 Å². The summed E-state index contributed by atoms with van der Waals surface area (Å²) in [6.07, 6.45) is -4.69. The molecule has 2 aromatic rings. The van der Waals surface area contributed by atoms with E-state index in [0.29, 0.717) is 4.47 Å². The second kappa shape index (κ2) is 6.41. The fourth-order valence-electron chi connectivity index (χ4n) is 1.92. The highest BCUT2D eigenvalue weighted by Crippen LogP contribution is 2.32. The van der Waals surface area contributed by atoms with Crippen LogP contribution in [-0.4, -0.2) is 17.0 Å². The number of aromatic carboxylic acids is 1. The average molecular weight is 388 g/mol. The molecule has 0 spiro atoms. The van der Waals surface area contributed by atoms with E-state index < -0.39 is 29.2 Å². The van der Waals surface area contributed by atoms with E-state index >= 15 is 0 Å². The van der Waals surface area contributed by atoms with Crippen molar-refractivity contribution in [1.82, 2.24) is 0 Å². The van der Waals surface area contributed by atoms with E-state index in [4.69, 9.17) is 5.11 Å². The van der Waals surface area contributed by atoms with E-state index in [1.165, 1.54) is 30.3 Å². The van der Waals surface area contributed by atoms with Crippen LogP contribution in [0.1, 0.15) is 26.3 Å². The van der Waals surface area contributed by atoms with E-state index in [0.717, 1.165) is 12.1 Å². The van der Waals surface area contributed by atoms with Crippen molar-refractivity contribution in [1.29, 1.82) is 0 Å². The Morgan fingerprint density at radius 2 is 1.70 bits per heavy atom. The van der Waals surface area contributed by atoms with Crippen LogP contribution in [0.4, 0.5) is 18.9 Å². The first kappa shape index (κ1) is 17.0. The third-order valence-corrected chi connectivity index (χ3v) is 3.43. The standard InChI is InChI=1S/C15H9BrF3NO3/c16-8-5-6-12(10(7-8)14(22)23)20-13(21)9-3-1-2-4-11(9)15(17,18)19/h1-7H,(H,20,21)(H,22,23). The van der Waals surface area contributed by atoms with Crippen molar-refractivity contribution in [2.45, 2.75) is 6.18 Å². The minimum Gasteiger partial charge on any atom is -0.478 e. The van der Waals surface area contributed by atoms with Crippen molar-refractivity contribution in [3.05, 3.63) is 63.6 Å². The van der Waals surface area contributed by atoms with Crippen LogP contribution in [0, 0.1) is 0 Å². The van der Waals surface area contributed by atoms with Crippen molar-refractivity contribution < 1.29 is 27.9 Å². The first-order chi connectivity index (χ1) is 10.7. The quantitative estimate of drug-likeness (QED) is 0.818. The van der Waals surface area contributed by atoms with Gasteiger partial charge in [0.05, 0.1) is 22.4 Å². The highest BCUT2D eigenvalue weighted by Gasteiger charge is 2.35. The number of amides is 1. The Morgan fingerprint density at radius 1 is 1.04 bits per heavy atom. The van der Waals surface area contributed by atoms with Gasteiger partial charge in [0.2, 0.25) is 0 Å². The summed E-state index contributed by atoms with van der Waals surface area (Å²) in [5, 5.41) is 11.3. The Balaban J connectivity index is 2.40. The lowest BCUT2D eigenvalue weighted by molar-refractivity contribution is -0.137. The monoisotopic (exact) mass is 387 g/mol. The first-order valence-corrected chi connectivity index (χ1v) is 7.00. The van der Waals surface area contributed by atoms with Crippen molar-refractivity contribution in [2.75, 3.05) is 5.32 Å². The molecule has 0 heterocycles. The number of benzene rings is 2. The second-order valence-electron chi connectivity index (χ2n) is 4.49. The van der Waals surface area contributed by atoms with Gasteiger partial charge in [-0.3, -0.25) is 4.79 Å². The van der Waals surface area contributed by atoms with Crippen molar-refractivity contribution in [2.24, 2.45) is 0 Å². The predicted octanol–water partition coefficient (Wildman–Crippen LogP) is 4.42. The molecule has 23 heavy (non-hydrogen) atoms. The number of anilines is 1. The molecule has 0 aromatic heterocycles. The highest BCUT2D eigenvalue weighted by molar-refractivity contribution is 9.10. The summed E-state index contributed by atoms with van der Waals surface area (Å²) >= 11 is 3.09. The molecule has 0 bridgehead atoms. The van der Waals surface area contributed by atoms with Gasteiger partial charge < -0.3 is 10.4 Å². The molecule has 2 aromatic carbocycles. The molecule has 0 fully saturated rings. The van der Waals surface area contributed by atoms with Crippen LogP contribution < -0.4 is 5.32 Å². The van der Waals surface area contributed by atoms with Gasteiger partial charge in [-0.25, -0.2) is 4.79 Å². The number of alkyl halides is 3. The number of halogens is 4. The summed E-state index contributed by atoms with van der Waals surface area (Å²) in [5.74, 6) is -2.35. The van der Waals surface area contributed by atoms with E-state index in [1.807, 2.05) is 0 Å². The van der Waals surface area contributed by atoms with Crippen LogP contribution in [0.2, 0.25) is 0 Å². The SMILES string of the molecule is O=C(O)c1cc(Br)ccc1NC(=O)c1ccccc1C(F)(F)F. The summed E-state index contributed by atoms with van der Waals surface area (Å²) in [4.78, 5) is 23.3. The molecule has 0 saturated heterocycles. The van der Waals surface area contributed by atoms with Gasteiger partial charge in [0.25, 0.3) is 5.91 Å². The molecule has 120 valence electrons. The molecule has 2 rings (SSSR count). The molecule has 4 nitrogen and oxygen atoms in total. The molecular weight excluding hydrogens is 379 g/mol. The van der Waals surface area contributed by atoms with Crippen LogP contribution in [0.3, 0.4) is 0 Å². The number of carbonyl (C=O) groups is 2. The highest BCUT2D eigenvalue weighted by atomic mass is 79.9. The zero-order valence-electron chi connectivity index (χ0n) is 11.3. The Labute approximate surface area is 137 Å². The minimum absolute atomic E-state index is 0.0947. The van der Waals surface area contributed by atoms with Gasteiger partial charge in [-0.2, -0.15) is 13.2 Å². The van der Waals surface area contributed by atoms with Crippen LogP contribution in [0.15, 0.2) is 46.9 Å². The predicted molar refractivity (Wildman–Crippen MR) is 80.5 cm³/mol. The number of hydrogen-bond donors (Lipinski definition) is 2. The van der Waals surface area contributed by atoms with Crippen molar-refractivity contribution in [3.63, 3.8) is 0 Å². The Kier molecular flexibility index (Phi) is 4.74. The van der Waals surface area contributed by atoms with Gasteiger partial charge in [0.15, 0.2) is 0 Å². The van der Waals surface area contributed by atoms with E-state index in [1.54, 1.807) is 0 Å². The molecule has 0 atom stereocenters. The molecule has 8 heteroatoms. The fraction of sp³-hybridized carbons (Fsp3) is 0.0667. The maximum absolute atomic E-state index is 12.9. The maximum Gasteiger partial charge on any atom is 0.417 e. The minimum atomic E-state index is -4.69. The molecule has 1 amide bonds. The molecule has 0 unspecified atom stereocenters. The Morgan fingerprint density at radius 3 is 2.30 bits per heavy atom. The zero-order chi connectivity index (χ0) is 17.2. The number of carboxylic acid groups (broad SMARTS) is 1. The smallest absolute Gasteiger partial charge is 0.417 e. The van der Waals surface area contributed by atoms with Crippen LogP contribution >= 0.6 is 15.9 Å². The zero-order valence-corrected chi connectivity index (χ0v) is 12.9. The summed E-state index contributed by atoms with van der Waals surface area (Å²) in [7, 11) is 0. The molecule has 0 aliphatic carbocycles. The summed E-state index contributed by atoms with van der Waals surface area (Å²) in [6.45, 7) is 0. The average Bonchev–Trinajstić information content (AvgIpc) is 2.48. The Bertz CT molecular complexity index is 775. The molecule has 0 aliphatic rings. The third-order valence-electron chi connectivity index (χ3n) is 2.94. The second-order valence-corrected chi connectivity index (χ2v) is 5.41. The third kappa shape index (κ3) is 3.89. The maximum atomic E-state index is 12.9. The van der Waals surface area contributed by atoms with E-state index in [9.17, 15) is 22.8 Å². The Hall–Kier alpha value is -2.35. The van der Waals surface area contributed by atoms with Gasteiger partial charge >= 0.3 is 12.1 Å². The van der Waals surface area contributed by atoms with E-state index in [2.05, 4.69) is 21.2 Å². The summed E-state index contributed by atoms with van der Waals surface area (Å²) in [6, 6.07) is 8.28. The van der Waals surface area contributed by atoms with Gasteiger partial charge in [-0.05, 0) is 30.3 Å². The lowest BCUT2D eigenvalue weighted by Gasteiger charge is -2.13. The summed E-state index contributed by atoms with van der Waals surface area (Å²) in [5.41, 5.74) is -2.01. The van der Waals surface area contributed by atoms with Gasteiger partial charge in [-0.1, -0.05) is 28.1 Å². The van der Waals surface area contributed by atoms with Gasteiger partial charge in [0, 0.05) is 4.47 Å². The van der Waals surface area contributed by atoms with E-state index in [-0.39, 0.29) is 11.3 Å². The number of rotatable bonds is 3. The molecular formula is C15H9BrF3NO3. The van der Waals surface area contributed by atoms with Crippen molar-refractivity contribution in [3.8, 4) is 0 Å². The lowest BCUT2D eigenvalue weighted by Crippen LogP contribution is -2.19. The first-order valence-electron chi connectivity index (χ1n) is 6.20. The molecule has 0 aliphatic heterocycles. The molecule has 0 radical (unpaired) electrons. The topological polar surface area (TPSA) is 66.4 Å². The largest absolute Gasteiger partial charge is 0.478 e. The lowest BCUT2D eigenvalue weighted by atomic mass is 10.1. The van der Waals surface area contributed by atoms with Crippen molar-refractivity contribution >= 4 is 33.5 Å². The van der Waals surface area contributed by atoms with Crippen LogP contribution in [-0.2, 0) is 6.18 Å². The number of nitrogens with one attached hydrogen (secondary N) is 1. The van der Waals surface area contributed by atoms with Gasteiger partial charge in [0.1, 0.15) is 0 Å².